The van der Waals surface area contributed by atoms with Crippen molar-refractivity contribution in [2.45, 2.75) is 30.3 Å². The summed E-state index contributed by atoms with van der Waals surface area (Å²) in [6.45, 7) is 0.441. The van der Waals surface area contributed by atoms with Gasteiger partial charge < -0.3 is 0 Å². The van der Waals surface area contributed by atoms with E-state index in [1.165, 1.54) is 0 Å². The molecule has 1 N–H and O–H groups in total. The minimum Gasteiger partial charge on any atom is -0.281 e. The molecule has 0 heterocycles. The van der Waals surface area contributed by atoms with Gasteiger partial charge in [0, 0.05) is 13.1 Å². The summed E-state index contributed by atoms with van der Waals surface area (Å²) in [5.74, 6) is -6.89. The average Bonchev–Trinajstić information content (AvgIpc) is 2.27. The van der Waals surface area contributed by atoms with Crippen LogP contribution in [0.5, 0.6) is 0 Å². The van der Waals surface area contributed by atoms with Gasteiger partial charge in [-0.15, -0.1) is 0 Å². The maximum atomic E-state index is 13.4. The summed E-state index contributed by atoms with van der Waals surface area (Å²) < 4.78 is 130. The van der Waals surface area contributed by atoms with Crippen LogP contribution in [-0.2, 0) is 20.1 Å². The maximum absolute atomic E-state index is 13.4. The molecule has 0 aromatic heterocycles. The molecule has 0 fully saturated rings. The van der Waals surface area contributed by atoms with Gasteiger partial charge in [0.25, 0.3) is 10.0 Å². The zero-order valence-electron chi connectivity index (χ0n) is 10.5. The average molecular weight is 367 g/mol. The summed E-state index contributed by atoms with van der Waals surface area (Å²) in [5, 5.41) is -13.2. The maximum Gasteiger partial charge on any atom is 0.439 e. The van der Waals surface area contributed by atoms with E-state index in [0.29, 0.717) is 0 Å². The fraction of sp³-hybridized carbons (Fsp3) is 1.00. The number of hydrogen-bond donors (Lipinski definition) is 1. The molecule has 0 aromatic carbocycles. The van der Waals surface area contributed by atoms with Crippen molar-refractivity contribution < 1.29 is 47.7 Å². The number of halogens is 6. The second-order valence-electron chi connectivity index (χ2n) is 3.67. The molecular weight excluding hydrogens is 356 g/mol. The first kappa shape index (κ1) is 20.4. The zero-order chi connectivity index (χ0) is 17.5. The largest absolute Gasteiger partial charge is 0.439 e. The van der Waals surface area contributed by atoms with E-state index in [1.807, 2.05) is 0 Å². The fourth-order valence-corrected chi connectivity index (χ4v) is 3.19. The van der Waals surface area contributed by atoms with Gasteiger partial charge in [-0.3, -0.25) is 4.55 Å². The number of rotatable bonds is 7. The third-order valence-corrected chi connectivity index (χ3v) is 5.43. The molecule has 0 atom stereocenters. The first-order valence-corrected chi connectivity index (χ1v) is 8.00. The Hall–Kier alpha value is -0.600. The SMILES string of the molecule is CCN(CC)S(=O)(=O)C(F)(F)C(F)(F)C(F)(F)S(=O)(=O)O. The van der Waals surface area contributed by atoms with Crippen LogP contribution in [0.2, 0.25) is 0 Å². The molecule has 0 aliphatic rings. The van der Waals surface area contributed by atoms with E-state index < -0.39 is 49.7 Å². The van der Waals surface area contributed by atoms with Gasteiger partial charge in [-0.2, -0.15) is 39.1 Å². The fourth-order valence-electron chi connectivity index (χ4n) is 1.22. The zero-order valence-corrected chi connectivity index (χ0v) is 12.2. The quantitative estimate of drug-likeness (QED) is 0.542. The first-order chi connectivity index (χ1) is 9.02. The molecule has 0 radical (unpaired) electrons. The number of sulfonamides is 1. The normalized spacial score (nSPS) is 15.5. The van der Waals surface area contributed by atoms with E-state index in [4.69, 9.17) is 4.55 Å². The Labute approximate surface area is 116 Å². The molecule has 0 unspecified atom stereocenters. The molecular formula is C7H11F6NO5S2. The Morgan fingerprint density at radius 3 is 1.43 bits per heavy atom. The topological polar surface area (TPSA) is 91.8 Å². The summed E-state index contributed by atoms with van der Waals surface area (Å²) in [7, 11) is -13.3. The van der Waals surface area contributed by atoms with Gasteiger partial charge in [0.1, 0.15) is 0 Å². The van der Waals surface area contributed by atoms with E-state index in [-0.39, 0.29) is 4.31 Å². The minimum atomic E-state index is -6.99. The van der Waals surface area contributed by atoms with Crippen LogP contribution in [0.1, 0.15) is 13.8 Å². The lowest BCUT2D eigenvalue weighted by atomic mass is 10.3. The lowest BCUT2D eigenvalue weighted by molar-refractivity contribution is -0.246. The Morgan fingerprint density at radius 1 is 0.857 bits per heavy atom. The van der Waals surface area contributed by atoms with Gasteiger partial charge in [-0.25, -0.2) is 8.42 Å². The van der Waals surface area contributed by atoms with E-state index in [9.17, 15) is 43.2 Å². The van der Waals surface area contributed by atoms with E-state index in [1.54, 1.807) is 0 Å². The molecule has 0 aliphatic heterocycles. The monoisotopic (exact) mass is 367 g/mol. The summed E-state index contributed by atoms with van der Waals surface area (Å²) >= 11 is 0. The predicted molar refractivity (Wildman–Crippen MR) is 58.2 cm³/mol. The van der Waals surface area contributed by atoms with Crippen molar-refractivity contribution in [3.8, 4) is 0 Å². The highest BCUT2D eigenvalue weighted by Gasteiger charge is 2.82. The van der Waals surface area contributed by atoms with Crippen LogP contribution in [0.4, 0.5) is 26.3 Å². The molecule has 0 aliphatic carbocycles. The van der Waals surface area contributed by atoms with E-state index in [2.05, 4.69) is 0 Å². The molecule has 21 heavy (non-hydrogen) atoms. The number of alkyl halides is 6. The summed E-state index contributed by atoms with van der Waals surface area (Å²) in [5.41, 5.74) is 0. The molecule has 0 rings (SSSR count). The van der Waals surface area contributed by atoms with Crippen molar-refractivity contribution in [3.05, 3.63) is 0 Å². The van der Waals surface area contributed by atoms with Crippen molar-refractivity contribution in [1.82, 2.24) is 4.31 Å². The highest BCUT2D eigenvalue weighted by molar-refractivity contribution is 7.90. The molecule has 0 spiro atoms. The van der Waals surface area contributed by atoms with Crippen molar-refractivity contribution in [2.24, 2.45) is 0 Å². The molecule has 0 bridgehead atoms. The molecule has 128 valence electrons. The van der Waals surface area contributed by atoms with Crippen molar-refractivity contribution in [3.63, 3.8) is 0 Å². The van der Waals surface area contributed by atoms with Crippen LogP contribution in [0, 0.1) is 0 Å². The Balaban J connectivity index is 6.26. The van der Waals surface area contributed by atoms with Gasteiger partial charge in [0.05, 0.1) is 0 Å². The molecule has 14 heteroatoms. The highest BCUT2D eigenvalue weighted by Crippen LogP contribution is 2.51. The second-order valence-corrected chi connectivity index (χ2v) is 7.11. The third kappa shape index (κ3) is 2.85. The smallest absolute Gasteiger partial charge is 0.281 e. The van der Waals surface area contributed by atoms with Crippen LogP contribution in [0.25, 0.3) is 0 Å². The van der Waals surface area contributed by atoms with E-state index >= 15 is 0 Å². The molecule has 0 amide bonds. The number of nitrogens with zero attached hydrogens (tertiary/aromatic N) is 1. The lowest BCUT2D eigenvalue weighted by Gasteiger charge is -2.33. The van der Waals surface area contributed by atoms with Crippen molar-refractivity contribution >= 4 is 20.1 Å². The summed E-state index contributed by atoms with van der Waals surface area (Å²) in [6.07, 6.45) is 0. The Bertz CT molecular complexity index is 583. The molecule has 0 aromatic rings. The second kappa shape index (κ2) is 5.55. The molecule has 0 saturated heterocycles. The van der Waals surface area contributed by atoms with Crippen LogP contribution in [0.3, 0.4) is 0 Å². The van der Waals surface area contributed by atoms with Crippen LogP contribution in [0.15, 0.2) is 0 Å². The first-order valence-electron chi connectivity index (χ1n) is 5.12. The molecule has 6 nitrogen and oxygen atoms in total. The van der Waals surface area contributed by atoms with Gasteiger partial charge >= 0.3 is 26.5 Å². The molecule has 0 saturated carbocycles. The van der Waals surface area contributed by atoms with Crippen LogP contribution >= 0.6 is 0 Å². The highest BCUT2D eigenvalue weighted by atomic mass is 32.2. The van der Waals surface area contributed by atoms with Gasteiger partial charge in [0.15, 0.2) is 0 Å². The van der Waals surface area contributed by atoms with Crippen LogP contribution < -0.4 is 0 Å². The Kier molecular flexibility index (Phi) is 5.39. The van der Waals surface area contributed by atoms with Gasteiger partial charge in [-0.05, 0) is 0 Å². The van der Waals surface area contributed by atoms with Crippen molar-refractivity contribution in [1.29, 1.82) is 0 Å². The standard InChI is InChI=1S/C7H11F6NO5S2/c1-3-14(4-2)20(15,16)6(10,11)5(8,9)7(12,13)21(17,18)19/h3-4H2,1-2H3,(H,17,18,19). The number of hydrogen-bond acceptors (Lipinski definition) is 4. The Morgan fingerprint density at radius 2 is 1.19 bits per heavy atom. The predicted octanol–water partition coefficient (Wildman–Crippen LogP) is 1.37. The lowest BCUT2D eigenvalue weighted by Crippen LogP contribution is -2.63. The van der Waals surface area contributed by atoms with Crippen LogP contribution in [-0.4, -0.2) is 55.2 Å². The van der Waals surface area contributed by atoms with Gasteiger partial charge in [-0.1, -0.05) is 13.8 Å². The van der Waals surface area contributed by atoms with Gasteiger partial charge in [0.2, 0.25) is 0 Å². The van der Waals surface area contributed by atoms with Crippen molar-refractivity contribution in [2.75, 3.05) is 13.1 Å². The summed E-state index contributed by atoms with van der Waals surface area (Å²) in [6, 6.07) is 0. The minimum absolute atomic E-state index is 0.249. The third-order valence-electron chi connectivity index (χ3n) is 2.42. The summed E-state index contributed by atoms with van der Waals surface area (Å²) in [4.78, 5) is 0. The van der Waals surface area contributed by atoms with E-state index in [0.717, 1.165) is 13.8 Å².